The molecule has 0 aliphatic rings. The lowest BCUT2D eigenvalue weighted by Crippen LogP contribution is -2.08. The Kier molecular flexibility index (Phi) is 4.76. The fourth-order valence-corrected chi connectivity index (χ4v) is 3.06. The van der Waals surface area contributed by atoms with Gasteiger partial charge in [-0.1, -0.05) is 36.4 Å². The van der Waals surface area contributed by atoms with Crippen molar-refractivity contribution in [3.8, 4) is 17.1 Å². The first kappa shape index (κ1) is 17.7. The van der Waals surface area contributed by atoms with Crippen LogP contribution in [-0.4, -0.2) is 20.7 Å². The summed E-state index contributed by atoms with van der Waals surface area (Å²) in [5.74, 6) is 0.0670. The molecular formula is C22H19N3O3. The van der Waals surface area contributed by atoms with Crippen molar-refractivity contribution >= 4 is 5.97 Å². The van der Waals surface area contributed by atoms with Crippen LogP contribution in [-0.2, 0) is 11.3 Å². The van der Waals surface area contributed by atoms with Crippen molar-refractivity contribution in [3.63, 3.8) is 0 Å². The average molecular weight is 373 g/mol. The van der Waals surface area contributed by atoms with E-state index in [0.717, 1.165) is 16.9 Å². The number of ether oxygens (including phenoxy) is 1. The molecule has 0 radical (unpaired) electrons. The fourth-order valence-electron chi connectivity index (χ4n) is 3.06. The number of benzene rings is 2. The predicted molar refractivity (Wildman–Crippen MR) is 104 cm³/mol. The van der Waals surface area contributed by atoms with Gasteiger partial charge in [0.15, 0.2) is 0 Å². The van der Waals surface area contributed by atoms with Crippen LogP contribution >= 0.6 is 0 Å². The SMILES string of the molecule is Cc1nn(-c2ccccc2)c(C)c1C(=O)OCc1coc(-c2ccccc2)n1. The molecule has 0 aliphatic carbocycles. The van der Waals surface area contributed by atoms with E-state index in [1.807, 2.05) is 67.6 Å². The van der Waals surface area contributed by atoms with Gasteiger partial charge in [-0.25, -0.2) is 14.5 Å². The zero-order valence-electron chi connectivity index (χ0n) is 15.6. The van der Waals surface area contributed by atoms with E-state index in [2.05, 4.69) is 10.1 Å². The van der Waals surface area contributed by atoms with E-state index in [9.17, 15) is 4.79 Å². The maximum absolute atomic E-state index is 12.6. The molecule has 4 rings (SSSR count). The second kappa shape index (κ2) is 7.52. The summed E-state index contributed by atoms with van der Waals surface area (Å²) in [6.07, 6.45) is 1.50. The van der Waals surface area contributed by atoms with Gasteiger partial charge >= 0.3 is 5.97 Å². The molecule has 2 aromatic carbocycles. The van der Waals surface area contributed by atoms with Crippen molar-refractivity contribution in [3.05, 3.63) is 89.6 Å². The Balaban J connectivity index is 1.49. The van der Waals surface area contributed by atoms with Gasteiger partial charge in [0.25, 0.3) is 0 Å². The lowest BCUT2D eigenvalue weighted by atomic mass is 10.2. The van der Waals surface area contributed by atoms with Gasteiger partial charge in [-0.15, -0.1) is 0 Å². The minimum Gasteiger partial charge on any atom is -0.455 e. The molecule has 0 fully saturated rings. The Bertz CT molecular complexity index is 1100. The highest BCUT2D eigenvalue weighted by Crippen LogP contribution is 2.21. The van der Waals surface area contributed by atoms with E-state index in [0.29, 0.717) is 22.8 Å². The summed E-state index contributed by atoms with van der Waals surface area (Å²) in [4.78, 5) is 17.0. The third-order valence-electron chi connectivity index (χ3n) is 4.42. The van der Waals surface area contributed by atoms with Crippen molar-refractivity contribution in [2.45, 2.75) is 20.5 Å². The van der Waals surface area contributed by atoms with Gasteiger partial charge in [-0.2, -0.15) is 5.10 Å². The average Bonchev–Trinajstić information content (AvgIpc) is 3.32. The largest absolute Gasteiger partial charge is 0.455 e. The van der Waals surface area contributed by atoms with E-state index in [1.165, 1.54) is 6.26 Å². The number of rotatable bonds is 5. The van der Waals surface area contributed by atoms with E-state index in [1.54, 1.807) is 11.6 Å². The maximum atomic E-state index is 12.6. The maximum Gasteiger partial charge on any atom is 0.342 e. The van der Waals surface area contributed by atoms with Gasteiger partial charge in [0.2, 0.25) is 5.89 Å². The minimum absolute atomic E-state index is 0.0323. The lowest BCUT2D eigenvalue weighted by Gasteiger charge is -2.05. The topological polar surface area (TPSA) is 70.2 Å². The molecule has 0 aliphatic heterocycles. The number of nitrogens with zero attached hydrogens (tertiary/aromatic N) is 3. The van der Waals surface area contributed by atoms with E-state index >= 15 is 0 Å². The number of aromatic nitrogens is 3. The van der Waals surface area contributed by atoms with Gasteiger partial charge < -0.3 is 9.15 Å². The summed E-state index contributed by atoms with van der Waals surface area (Å²) in [6, 6.07) is 19.2. The molecule has 6 heteroatoms. The monoisotopic (exact) mass is 373 g/mol. The van der Waals surface area contributed by atoms with Gasteiger partial charge in [0, 0.05) is 5.56 Å². The summed E-state index contributed by atoms with van der Waals surface area (Å²) in [5, 5.41) is 4.48. The zero-order chi connectivity index (χ0) is 19.5. The van der Waals surface area contributed by atoms with Gasteiger partial charge in [-0.3, -0.25) is 0 Å². The van der Waals surface area contributed by atoms with E-state index < -0.39 is 5.97 Å². The highest BCUT2D eigenvalue weighted by molar-refractivity contribution is 5.92. The van der Waals surface area contributed by atoms with Crippen molar-refractivity contribution in [1.29, 1.82) is 0 Å². The normalized spacial score (nSPS) is 10.8. The first-order chi connectivity index (χ1) is 13.6. The Morgan fingerprint density at radius 1 is 1.04 bits per heavy atom. The van der Waals surface area contributed by atoms with Crippen LogP contribution in [0.5, 0.6) is 0 Å². The molecule has 0 unspecified atom stereocenters. The molecule has 2 aromatic heterocycles. The zero-order valence-corrected chi connectivity index (χ0v) is 15.6. The van der Waals surface area contributed by atoms with Crippen LogP contribution in [0.1, 0.15) is 27.4 Å². The third kappa shape index (κ3) is 3.44. The number of carbonyl (C=O) groups is 1. The number of hydrogen-bond acceptors (Lipinski definition) is 5. The molecular weight excluding hydrogens is 354 g/mol. The quantitative estimate of drug-likeness (QED) is 0.482. The van der Waals surface area contributed by atoms with Crippen LogP contribution in [0.15, 0.2) is 71.3 Å². The first-order valence-corrected chi connectivity index (χ1v) is 8.92. The molecule has 4 aromatic rings. The molecule has 0 saturated carbocycles. The van der Waals surface area contributed by atoms with E-state index in [-0.39, 0.29) is 6.61 Å². The van der Waals surface area contributed by atoms with Crippen molar-refractivity contribution in [2.75, 3.05) is 0 Å². The number of aryl methyl sites for hydroxylation is 1. The smallest absolute Gasteiger partial charge is 0.342 e. The van der Waals surface area contributed by atoms with Crippen LogP contribution in [0.3, 0.4) is 0 Å². The van der Waals surface area contributed by atoms with Crippen molar-refractivity contribution < 1.29 is 13.9 Å². The highest BCUT2D eigenvalue weighted by Gasteiger charge is 2.21. The second-order valence-electron chi connectivity index (χ2n) is 6.38. The number of para-hydroxylation sites is 1. The highest BCUT2D eigenvalue weighted by atomic mass is 16.5. The Hall–Kier alpha value is -3.67. The van der Waals surface area contributed by atoms with Gasteiger partial charge in [0.1, 0.15) is 24.1 Å². The fraction of sp³-hybridized carbons (Fsp3) is 0.136. The molecule has 2 heterocycles. The van der Waals surface area contributed by atoms with Crippen molar-refractivity contribution in [1.82, 2.24) is 14.8 Å². The standard InChI is InChI=1S/C22H19N3O3/c1-15-20(16(2)25(24-15)19-11-7-4-8-12-19)22(26)28-14-18-13-27-21(23-18)17-9-5-3-6-10-17/h3-13H,14H2,1-2H3. The predicted octanol–water partition coefficient (Wildman–Crippen LogP) is 4.50. The summed E-state index contributed by atoms with van der Waals surface area (Å²) in [7, 11) is 0. The molecule has 0 atom stereocenters. The molecule has 6 nitrogen and oxygen atoms in total. The van der Waals surface area contributed by atoms with Crippen LogP contribution in [0.4, 0.5) is 0 Å². The van der Waals surface area contributed by atoms with E-state index in [4.69, 9.17) is 9.15 Å². The van der Waals surface area contributed by atoms with Crippen LogP contribution in [0, 0.1) is 13.8 Å². The second-order valence-corrected chi connectivity index (χ2v) is 6.38. The molecule has 0 saturated heterocycles. The summed E-state index contributed by atoms with van der Waals surface area (Å²) in [6.45, 7) is 3.68. The number of esters is 1. The van der Waals surface area contributed by atoms with Crippen molar-refractivity contribution in [2.24, 2.45) is 0 Å². The van der Waals surface area contributed by atoms with Gasteiger partial charge in [0.05, 0.1) is 17.1 Å². The molecule has 28 heavy (non-hydrogen) atoms. The molecule has 140 valence electrons. The van der Waals surface area contributed by atoms with Gasteiger partial charge in [-0.05, 0) is 38.1 Å². The van der Waals surface area contributed by atoms with Crippen LogP contribution in [0.2, 0.25) is 0 Å². The molecule has 0 spiro atoms. The summed E-state index contributed by atoms with van der Waals surface area (Å²) >= 11 is 0. The lowest BCUT2D eigenvalue weighted by molar-refractivity contribution is 0.0466. The molecule has 0 N–H and O–H groups in total. The Labute approximate surface area is 162 Å². The Morgan fingerprint density at radius 2 is 1.71 bits per heavy atom. The third-order valence-corrected chi connectivity index (χ3v) is 4.42. The minimum atomic E-state index is -0.429. The van der Waals surface area contributed by atoms with Crippen LogP contribution < -0.4 is 0 Å². The molecule has 0 amide bonds. The summed E-state index contributed by atoms with van der Waals surface area (Å²) < 4.78 is 12.7. The Morgan fingerprint density at radius 3 is 2.43 bits per heavy atom. The number of oxazole rings is 1. The van der Waals surface area contributed by atoms with Crippen LogP contribution in [0.25, 0.3) is 17.1 Å². The first-order valence-electron chi connectivity index (χ1n) is 8.92. The summed E-state index contributed by atoms with van der Waals surface area (Å²) in [5.41, 5.74) is 4.14. The number of hydrogen-bond donors (Lipinski definition) is 0. The number of carbonyl (C=O) groups excluding carboxylic acids is 1. The molecule has 0 bridgehead atoms.